The SMILES string of the molecule is Cc1ccc(NCC2CNCCN2C)cc1Br. The molecule has 4 heteroatoms. The number of nitrogens with one attached hydrogen (secondary N) is 2. The van der Waals surface area contributed by atoms with Crippen LogP contribution in [0.4, 0.5) is 5.69 Å². The lowest BCUT2D eigenvalue weighted by Gasteiger charge is -2.33. The average Bonchev–Trinajstić information content (AvgIpc) is 2.32. The fourth-order valence-electron chi connectivity index (χ4n) is 2.03. The molecule has 1 fully saturated rings. The number of likely N-dealkylation sites (N-methyl/N-ethyl adjacent to an activating group) is 1. The molecular formula is C13H20BrN3. The van der Waals surface area contributed by atoms with Crippen molar-refractivity contribution in [2.24, 2.45) is 0 Å². The Morgan fingerprint density at radius 2 is 2.35 bits per heavy atom. The molecule has 0 radical (unpaired) electrons. The predicted molar refractivity (Wildman–Crippen MR) is 76.7 cm³/mol. The van der Waals surface area contributed by atoms with Crippen molar-refractivity contribution < 1.29 is 0 Å². The summed E-state index contributed by atoms with van der Waals surface area (Å²) in [5, 5.41) is 6.93. The van der Waals surface area contributed by atoms with Crippen LogP contribution in [0.2, 0.25) is 0 Å². The second-order valence-corrected chi connectivity index (χ2v) is 5.54. The second kappa shape index (κ2) is 5.85. The molecule has 2 N–H and O–H groups in total. The zero-order chi connectivity index (χ0) is 12.3. The van der Waals surface area contributed by atoms with E-state index in [4.69, 9.17) is 0 Å². The molecule has 1 unspecified atom stereocenters. The summed E-state index contributed by atoms with van der Waals surface area (Å²) in [4.78, 5) is 2.41. The van der Waals surface area contributed by atoms with E-state index in [1.54, 1.807) is 0 Å². The molecule has 0 amide bonds. The van der Waals surface area contributed by atoms with Gasteiger partial charge in [-0.3, -0.25) is 4.90 Å². The van der Waals surface area contributed by atoms with Gasteiger partial charge in [0.2, 0.25) is 0 Å². The highest BCUT2D eigenvalue weighted by Crippen LogP contribution is 2.20. The molecule has 1 heterocycles. The van der Waals surface area contributed by atoms with E-state index in [-0.39, 0.29) is 0 Å². The normalized spacial score (nSPS) is 21.5. The number of aryl methyl sites for hydroxylation is 1. The molecule has 0 spiro atoms. The molecule has 0 bridgehead atoms. The lowest BCUT2D eigenvalue weighted by molar-refractivity contribution is 0.209. The second-order valence-electron chi connectivity index (χ2n) is 4.68. The molecule has 1 aromatic carbocycles. The van der Waals surface area contributed by atoms with Crippen LogP contribution in [-0.4, -0.2) is 44.2 Å². The van der Waals surface area contributed by atoms with Gasteiger partial charge in [-0.1, -0.05) is 22.0 Å². The minimum atomic E-state index is 0.573. The van der Waals surface area contributed by atoms with Gasteiger partial charge in [-0.05, 0) is 31.7 Å². The van der Waals surface area contributed by atoms with Gasteiger partial charge < -0.3 is 10.6 Å². The highest BCUT2D eigenvalue weighted by molar-refractivity contribution is 9.10. The minimum Gasteiger partial charge on any atom is -0.383 e. The maximum Gasteiger partial charge on any atom is 0.0390 e. The van der Waals surface area contributed by atoms with Crippen molar-refractivity contribution in [3.8, 4) is 0 Å². The summed E-state index contributed by atoms with van der Waals surface area (Å²) in [6.07, 6.45) is 0. The minimum absolute atomic E-state index is 0.573. The number of anilines is 1. The number of benzene rings is 1. The van der Waals surface area contributed by atoms with Crippen molar-refractivity contribution >= 4 is 21.6 Å². The maximum absolute atomic E-state index is 3.56. The standard InChI is InChI=1S/C13H20BrN3/c1-10-3-4-11(7-13(10)14)16-9-12-8-15-5-6-17(12)2/h3-4,7,12,15-16H,5-6,8-9H2,1-2H3. The van der Waals surface area contributed by atoms with E-state index < -0.39 is 0 Å². The van der Waals surface area contributed by atoms with Gasteiger partial charge in [0.1, 0.15) is 0 Å². The van der Waals surface area contributed by atoms with Crippen LogP contribution in [0.5, 0.6) is 0 Å². The Kier molecular flexibility index (Phi) is 4.42. The maximum atomic E-state index is 3.56. The quantitative estimate of drug-likeness (QED) is 0.894. The first kappa shape index (κ1) is 12.9. The molecule has 1 aromatic rings. The van der Waals surface area contributed by atoms with Crippen LogP contribution >= 0.6 is 15.9 Å². The molecule has 3 nitrogen and oxygen atoms in total. The van der Waals surface area contributed by atoms with Crippen molar-refractivity contribution in [2.75, 3.05) is 38.5 Å². The van der Waals surface area contributed by atoms with Gasteiger partial charge >= 0.3 is 0 Å². The number of hydrogen-bond acceptors (Lipinski definition) is 3. The third-order valence-corrected chi connectivity index (χ3v) is 4.21. The van der Waals surface area contributed by atoms with Crippen molar-refractivity contribution in [2.45, 2.75) is 13.0 Å². The molecule has 1 aliphatic rings. The Balaban J connectivity index is 1.90. The number of nitrogens with zero attached hydrogens (tertiary/aromatic N) is 1. The van der Waals surface area contributed by atoms with E-state index in [1.807, 2.05) is 0 Å². The molecule has 0 saturated carbocycles. The smallest absolute Gasteiger partial charge is 0.0390 e. The van der Waals surface area contributed by atoms with Crippen LogP contribution in [0.15, 0.2) is 22.7 Å². The van der Waals surface area contributed by atoms with E-state index in [9.17, 15) is 0 Å². The first-order valence-corrected chi connectivity index (χ1v) is 6.87. The van der Waals surface area contributed by atoms with Gasteiger partial charge in [0.15, 0.2) is 0 Å². The fourth-order valence-corrected chi connectivity index (χ4v) is 2.41. The summed E-state index contributed by atoms with van der Waals surface area (Å²) in [5.41, 5.74) is 2.45. The lowest BCUT2D eigenvalue weighted by atomic mass is 10.2. The first-order chi connectivity index (χ1) is 8.16. The summed E-state index contributed by atoms with van der Waals surface area (Å²) >= 11 is 3.56. The molecule has 2 rings (SSSR count). The highest BCUT2D eigenvalue weighted by Gasteiger charge is 2.17. The van der Waals surface area contributed by atoms with Crippen molar-refractivity contribution in [1.29, 1.82) is 0 Å². The first-order valence-electron chi connectivity index (χ1n) is 6.08. The highest BCUT2D eigenvalue weighted by atomic mass is 79.9. The zero-order valence-corrected chi connectivity index (χ0v) is 12.0. The van der Waals surface area contributed by atoms with Gasteiger partial charge in [-0.25, -0.2) is 0 Å². The number of piperazine rings is 1. The van der Waals surface area contributed by atoms with Gasteiger partial charge in [-0.15, -0.1) is 0 Å². The number of rotatable bonds is 3. The van der Waals surface area contributed by atoms with Crippen LogP contribution in [0.1, 0.15) is 5.56 Å². The summed E-state index contributed by atoms with van der Waals surface area (Å²) < 4.78 is 1.16. The molecule has 17 heavy (non-hydrogen) atoms. The topological polar surface area (TPSA) is 27.3 Å². The monoisotopic (exact) mass is 297 g/mol. The van der Waals surface area contributed by atoms with Crippen molar-refractivity contribution in [3.63, 3.8) is 0 Å². The van der Waals surface area contributed by atoms with Crippen LogP contribution in [0, 0.1) is 6.92 Å². The Labute approximate surface area is 112 Å². The Morgan fingerprint density at radius 1 is 1.53 bits per heavy atom. The fraction of sp³-hybridized carbons (Fsp3) is 0.538. The number of halogens is 1. The molecule has 0 aliphatic carbocycles. The zero-order valence-electron chi connectivity index (χ0n) is 10.5. The summed E-state index contributed by atoms with van der Waals surface area (Å²) in [5.74, 6) is 0. The lowest BCUT2D eigenvalue weighted by Crippen LogP contribution is -2.52. The summed E-state index contributed by atoms with van der Waals surface area (Å²) in [6, 6.07) is 6.99. The Hall–Kier alpha value is -0.580. The van der Waals surface area contributed by atoms with E-state index >= 15 is 0 Å². The largest absolute Gasteiger partial charge is 0.383 e. The molecule has 1 aliphatic heterocycles. The predicted octanol–water partition coefficient (Wildman–Crippen LogP) is 2.07. The molecule has 1 atom stereocenters. The molecule has 1 saturated heterocycles. The molecule has 94 valence electrons. The van der Waals surface area contributed by atoms with E-state index in [2.05, 4.69) is 63.6 Å². The van der Waals surface area contributed by atoms with Crippen LogP contribution in [-0.2, 0) is 0 Å². The van der Waals surface area contributed by atoms with Gasteiger partial charge in [0, 0.05) is 42.4 Å². The summed E-state index contributed by atoms with van der Waals surface area (Å²) in [7, 11) is 2.19. The van der Waals surface area contributed by atoms with E-state index in [1.165, 1.54) is 11.3 Å². The summed E-state index contributed by atoms with van der Waals surface area (Å²) in [6.45, 7) is 6.38. The van der Waals surface area contributed by atoms with E-state index in [0.29, 0.717) is 6.04 Å². The number of hydrogen-bond donors (Lipinski definition) is 2. The molecular weight excluding hydrogens is 278 g/mol. The van der Waals surface area contributed by atoms with Gasteiger partial charge in [0.05, 0.1) is 0 Å². The van der Waals surface area contributed by atoms with Crippen LogP contribution in [0.25, 0.3) is 0 Å². The van der Waals surface area contributed by atoms with Crippen molar-refractivity contribution in [3.05, 3.63) is 28.2 Å². The van der Waals surface area contributed by atoms with Crippen molar-refractivity contribution in [1.82, 2.24) is 10.2 Å². The third-order valence-electron chi connectivity index (χ3n) is 3.36. The Morgan fingerprint density at radius 3 is 3.06 bits per heavy atom. The Bertz CT molecular complexity index is 381. The van der Waals surface area contributed by atoms with Gasteiger partial charge in [0.25, 0.3) is 0 Å². The van der Waals surface area contributed by atoms with Crippen LogP contribution < -0.4 is 10.6 Å². The van der Waals surface area contributed by atoms with E-state index in [0.717, 1.165) is 30.7 Å². The van der Waals surface area contributed by atoms with Gasteiger partial charge in [-0.2, -0.15) is 0 Å². The average molecular weight is 298 g/mol. The third kappa shape index (κ3) is 3.44. The van der Waals surface area contributed by atoms with Crippen LogP contribution in [0.3, 0.4) is 0 Å². The molecule has 0 aromatic heterocycles.